The van der Waals surface area contributed by atoms with Gasteiger partial charge >= 0.3 is 11.9 Å². The number of phenols is 1. The van der Waals surface area contributed by atoms with E-state index in [1.54, 1.807) is 12.1 Å². The summed E-state index contributed by atoms with van der Waals surface area (Å²) < 4.78 is 10.3. The highest BCUT2D eigenvalue weighted by Gasteiger charge is 2.39. The first-order chi connectivity index (χ1) is 14.1. The number of carbonyl (C=O) groups excluding carboxylic acids is 4. The molecule has 4 rings (SSSR count). The van der Waals surface area contributed by atoms with Crippen LogP contribution in [0, 0.1) is 0 Å². The minimum Gasteiger partial charge on any atom is -0.507 e. The number of cyclic esters (lactones) is 2. The summed E-state index contributed by atoms with van der Waals surface area (Å²) in [6, 6.07) is 7.51. The number of ketones is 2. The van der Waals surface area contributed by atoms with Gasteiger partial charge in [-0.1, -0.05) is 24.3 Å². The van der Waals surface area contributed by atoms with Gasteiger partial charge in [0.15, 0.2) is 17.1 Å². The number of halogens is 1. The molecule has 2 aromatic rings. The Morgan fingerprint density at radius 3 is 2.07 bits per heavy atom. The Morgan fingerprint density at radius 1 is 0.967 bits per heavy atom. The maximum atomic E-state index is 13.1. The first-order valence-corrected chi connectivity index (χ1v) is 9.57. The first-order valence-electron chi connectivity index (χ1n) is 8.78. The molecule has 1 aliphatic heterocycles. The second-order valence-corrected chi connectivity index (χ2v) is 7.94. The van der Waals surface area contributed by atoms with Crippen molar-refractivity contribution in [3.8, 4) is 5.75 Å². The molecule has 2 N–H and O–H groups in total. The minimum absolute atomic E-state index is 0.0831. The van der Waals surface area contributed by atoms with Crippen LogP contribution in [0.5, 0.6) is 5.75 Å². The number of aromatic hydroxyl groups is 1. The molecular weight excluding hydrogens is 458 g/mol. The zero-order chi connectivity index (χ0) is 21.8. The molecule has 8 nitrogen and oxygen atoms in total. The Hall–Kier alpha value is -3.46. The summed E-state index contributed by atoms with van der Waals surface area (Å²) in [7, 11) is 0. The number of ether oxygens (including phenoxy) is 2. The summed E-state index contributed by atoms with van der Waals surface area (Å²) in [5, 5.41) is 13.1. The van der Waals surface area contributed by atoms with Crippen molar-refractivity contribution >= 4 is 45.1 Å². The minimum atomic E-state index is -1.39. The highest BCUT2D eigenvalue weighted by atomic mass is 79.9. The summed E-state index contributed by atoms with van der Waals surface area (Å²) in [6.07, 6.45) is 1.04. The second kappa shape index (κ2) is 6.81. The SMILES string of the molecule is CC1(C)OC(=O)C(=CNc2c(Br)cc(O)c3c2C(=O)c2ccccc2C3=O)C(=O)O1. The van der Waals surface area contributed by atoms with Gasteiger partial charge in [0.1, 0.15) is 5.75 Å². The van der Waals surface area contributed by atoms with E-state index in [0.29, 0.717) is 0 Å². The van der Waals surface area contributed by atoms with Crippen LogP contribution < -0.4 is 5.32 Å². The predicted molar refractivity (Wildman–Crippen MR) is 107 cm³/mol. The number of phenolic OH excluding ortho intramolecular Hbond substituents is 1. The fraction of sp³-hybridized carbons (Fsp3) is 0.143. The molecule has 1 saturated heterocycles. The largest absolute Gasteiger partial charge is 0.507 e. The number of esters is 2. The van der Waals surface area contributed by atoms with Crippen molar-refractivity contribution in [3.05, 3.63) is 68.8 Å². The van der Waals surface area contributed by atoms with Crippen LogP contribution in [0.3, 0.4) is 0 Å². The molecule has 0 bridgehead atoms. The van der Waals surface area contributed by atoms with Gasteiger partial charge in [0, 0.05) is 35.6 Å². The molecule has 0 atom stereocenters. The van der Waals surface area contributed by atoms with Gasteiger partial charge in [-0.15, -0.1) is 0 Å². The molecule has 0 amide bonds. The molecule has 30 heavy (non-hydrogen) atoms. The molecule has 2 aromatic carbocycles. The van der Waals surface area contributed by atoms with E-state index in [-0.39, 0.29) is 38.2 Å². The van der Waals surface area contributed by atoms with Crippen LogP contribution in [0.25, 0.3) is 0 Å². The third-order valence-electron chi connectivity index (χ3n) is 4.61. The number of benzene rings is 2. The molecular formula is C21H14BrNO7. The number of fused-ring (bicyclic) bond motifs is 2. The number of rotatable bonds is 2. The molecule has 1 heterocycles. The topological polar surface area (TPSA) is 119 Å². The van der Waals surface area contributed by atoms with Crippen LogP contribution in [0.15, 0.2) is 46.6 Å². The average molecular weight is 472 g/mol. The van der Waals surface area contributed by atoms with Gasteiger partial charge in [0.2, 0.25) is 0 Å². The third kappa shape index (κ3) is 3.07. The van der Waals surface area contributed by atoms with E-state index < -0.39 is 34.9 Å². The van der Waals surface area contributed by atoms with E-state index in [1.807, 2.05) is 0 Å². The van der Waals surface area contributed by atoms with Gasteiger partial charge in [-0.25, -0.2) is 9.59 Å². The molecule has 1 fully saturated rings. The van der Waals surface area contributed by atoms with Crippen molar-refractivity contribution in [2.45, 2.75) is 19.6 Å². The summed E-state index contributed by atoms with van der Waals surface area (Å²) >= 11 is 3.24. The first kappa shape index (κ1) is 19.8. The molecule has 1 aliphatic carbocycles. The lowest BCUT2D eigenvalue weighted by atomic mass is 9.82. The highest BCUT2D eigenvalue weighted by molar-refractivity contribution is 9.10. The average Bonchev–Trinajstić information content (AvgIpc) is 2.65. The Kier molecular flexibility index (Phi) is 4.50. The quantitative estimate of drug-likeness (QED) is 0.253. The molecule has 0 saturated carbocycles. The second-order valence-electron chi connectivity index (χ2n) is 7.09. The lowest BCUT2D eigenvalue weighted by molar-refractivity contribution is -0.222. The number of carbonyl (C=O) groups is 4. The van der Waals surface area contributed by atoms with Crippen molar-refractivity contribution in [1.82, 2.24) is 0 Å². The van der Waals surface area contributed by atoms with Gasteiger partial charge in [-0.3, -0.25) is 9.59 Å². The van der Waals surface area contributed by atoms with Gasteiger partial charge in [0.25, 0.3) is 5.79 Å². The Morgan fingerprint density at radius 2 is 1.50 bits per heavy atom. The zero-order valence-corrected chi connectivity index (χ0v) is 17.3. The van der Waals surface area contributed by atoms with Gasteiger partial charge in [0.05, 0.1) is 16.8 Å². The standard InChI is InChI=1S/C21H14BrNO7/c1-21(2)29-19(27)11(20(28)30-21)8-23-16-12(22)7-13(24)14-15(16)18(26)10-6-4-3-5-9(10)17(14)25/h3-8,23-24H,1-2H3. The molecule has 2 aliphatic rings. The number of hydrogen-bond donors (Lipinski definition) is 2. The van der Waals surface area contributed by atoms with Crippen LogP contribution in [0.2, 0.25) is 0 Å². The van der Waals surface area contributed by atoms with E-state index in [0.717, 1.165) is 6.20 Å². The fourth-order valence-electron chi connectivity index (χ4n) is 3.31. The third-order valence-corrected chi connectivity index (χ3v) is 5.23. The van der Waals surface area contributed by atoms with Crippen molar-refractivity contribution in [1.29, 1.82) is 0 Å². The van der Waals surface area contributed by atoms with Crippen LogP contribution in [0.1, 0.15) is 45.7 Å². The van der Waals surface area contributed by atoms with Crippen molar-refractivity contribution in [2.24, 2.45) is 0 Å². The normalized spacial score (nSPS) is 17.0. The van der Waals surface area contributed by atoms with Crippen molar-refractivity contribution in [3.63, 3.8) is 0 Å². The Labute approximate surface area is 178 Å². The predicted octanol–water partition coefficient (Wildman–Crippen LogP) is 3.06. The number of hydrogen-bond acceptors (Lipinski definition) is 8. The lowest BCUT2D eigenvalue weighted by Gasteiger charge is -2.29. The molecule has 0 spiro atoms. The zero-order valence-electron chi connectivity index (χ0n) is 15.7. The van der Waals surface area contributed by atoms with E-state index in [1.165, 1.54) is 32.0 Å². The van der Waals surface area contributed by atoms with Crippen LogP contribution in [-0.2, 0) is 19.1 Å². The maximum absolute atomic E-state index is 13.1. The van der Waals surface area contributed by atoms with Crippen molar-refractivity contribution in [2.75, 3.05) is 5.32 Å². The van der Waals surface area contributed by atoms with Crippen LogP contribution in [0.4, 0.5) is 5.69 Å². The Bertz CT molecular complexity index is 1170. The molecule has 9 heteroatoms. The van der Waals surface area contributed by atoms with E-state index >= 15 is 0 Å². The van der Waals surface area contributed by atoms with Crippen molar-refractivity contribution < 1.29 is 33.8 Å². The van der Waals surface area contributed by atoms with Gasteiger partial charge in [-0.05, 0) is 22.0 Å². The summed E-state index contributed by atoms with van der Waals surface area (Å²) in [4.78, 5) is 50.3. The highest BCUT2D eigenvalue weighted by Crippen LogP contribution is 2.41. The Balaban J connectivity index is 1.82. The summed E-state index contributed by atoms with van der Waals surface area (Å²) in [5.74, 6) is -4.58. The van der Waals surface area contributed by atoms with Crippen LogP contribution in [-0.4, -0.2) is 34.4 Å². The molecule has 0 radical (unpaired) electrons. The number of anilines is 1. The van der Waals surface area contributed by atoms with E-state index in [4.69, 9.17) is 9.47 Å². The van der Waals surface area contributed by atoms with E-state index in [2.05, 4.69) is 21.2 Å². The molecule has 0 aromatic heterocycles. The molecule has 152 valence electrons. The lowest BCUT2D eigenvalue weighted by Crippen LogP contribution is -2.42. The van der Waals surface area contributed by atoms with E-state index in [9.17, 15) is 24.3 Å². The van der Waals surface area contributed by atoms with Crippen LogP contribution >= 0.6 is 15.9 Å². The smallest absolute Gasteiger partial charge is 0.350 e. The number of nitrogens with one attached hydrogen (secondary N) is 1. The fourth-order valence-corrected chi connectivity index (χ4v) is 3.84. The monoisotopic (exact) mass is 471 g/mol. The summed E-state index contributed by atoms with van der Waals surface area (Å²) in [5.41, 5.74) is -0.204. The maximum Gasteiger partial charge on any atom is 0.350 e. The van der Waals surface area contributed by atoms with Gasteiger partial charge in [-0.2, -0.15) is 0 Å². The molecule has 0 unspecified atom stereocenters. The van der Waals surface area contributed by atoms with Gasteiger partial charge < -0.3 is 19.9 Å². The summed E-state index contributed by atoms with van der Waals surface area (Å²) in [6.45, 7) is 2.84.